The van der Waals surface area contributed by atoms with Gasteiger partial charge in [0.1, 0.15) is 18.1 Å². The number of aryl methyl sites for hydroxylation is 1. The highest BCUT2D eigenvalue weighted by Gasteiger charge is 2.29. The number of hydrogen-bond acceptors (Lipinski definition) is 4. The summed E-state index contributed by atoms with van der Waals surface area (Å²) in [5.41, 5.74) is 5.31. The van der Waals surface area contributed by atoms with Crippen LogP contribution in [-0.2, 0) is 10.2 Å². The van der Waals surface area contributed by atoms with Crippen molar-refractivity contribution in [1.29, 1.82) is 5.26 Å². The summed E-state index contributed by atoms with van der Waals surface area (Å²) < 4.78 is 0. The van der Waals surface area contributed by atoms with Crippen molar-refractivity contribution in [3.05, 3.63) is 51.4 Å². The van der Waals surface area contributed by atoms with Crippen molar-refractivity contribution >= 4 is 28.0 Å². The summed E-state index contributed by atoms with van der Waals surface area (Å²) in [6, 6.07) is 10.5. The summed E-state index contributed by atoms with van der Waals surface area (Å²) in [7, 11) is 0. The molecule has 0 unspecified atom stereocenters. The van der Waals surface area contributed by atoms with Gasteiger partial charge in [-0.15, -0.1) is 11.3 Å². The van der Waals surface area contributed by atoms with E-state index in [1.807, 2.05) is 6.92 Å². The molecular weight excluding hydrogens is 342 g/mol. The van der Waals surface area contributed by atoms with E-state index in [9.17, 15) is 4.79 Å². The Morgan fingerprint density at radius 3 is 2.46 bits per heavy atom. The normalized spacial score (nSPS) is 14.5. The molecule has 0 fully saturated rings. The topological polar surface area (TPSA) is 56.5 Å². The molecule has 26 heavy (non-hydrogen) atoms. The molecule has 0 radical (unpaired) electrons. The number of carbonyl (C=O) groups excluding carboxylic acids is 1. The molecule has 3 rings (SSSR count). The zero-order valence-corrected chi connectivity index (χ0v) is 16.7. The quantitative estimate of drug-likeness (QED) is 0.742. The Morgan fingerprint density at radius 1 is 1.23 bits per heavy atom. The average molecular weight is 366 g/mol. The fraction of sp³-hybridized carbons (Fsp3) is 0.381. The maximum Gasteiger partial charge on any atom is 0.250 e. The first-order valence-corrected chi connectivity index (χ1v) is 9.48. The molecule has 0 spiro atoms. The van der Waals surface area contributed by atoms with Gasteiger partial charge in [-0.1, -0.05) is 45.0 Å². The zero-order valence-electron chi connectivity index (χ0n) is 15.9. The molecule has 1 aromatic carbocycles. The molecule has 134 valence electrons. The second kappa shape index (κ2) is 6.69. The van der Waals surface area contributed by atoms with Crippen LogP contribution >= 0.6 is 11.3 Å². The predicted molar refractivity (Wildman–Crippen MR) is 107 cm³/mol. The van der Waals surface area contributed by atoms with E-state index >= 15 is 0 Å². The number of hydrogen-bond donors (Lipinski definition) is 0. The number of nitrogens with zero attached hydrogens (tertiary/aromatic N) is 3. The molecular formula is C21H23N3OS. The van der Waals surface area contributed by atoms with Gasteiger partial charge in [-0.25, -0.2) is 0 Å². The van der Waals surface area contributed by atoms with E-state index in [2.05, 4.69) is 63.0 Å². The Labute approximate surface area is 158 Å². The van der Waals surface area contributed by atoms with Gasteiger partial charge in [-0.05, 0) is 30.4 Å². The molecule has 1 aliphatic rings. The van der Waals surface area contributed by atoms with E-state index < -0.39 is 0 Å². The minimum atomic E-state index is -0.129. The van der Waals surface area contributed by atoms with Crippen LogP contribution < -0.4 is 4.90 Å². The molecule has 1 aliphatic heterocycles. The van der Waals surface area contributed by atoms with Gasteiger partial charge in [0.25, 0.3) is 0 Å². The Kier molecular flexibility index (Phi) is 4.72. The van der Waals surface area contributed by atoms with E-state index in [-0.39, 0.29) is 24.4 Å². The number of thiophene rings is 1. The molecule has 2 heterocycles. The number of anilines is 1. The number of nitriles is 1. The van der Waals surface area contributed by atoms with Crippen LogP contribution in [0, 0.1) is 25.2 Å². The first-order chi connectivity index (χ1) is 12.2. The fourth-order valence-corrected chi connectivity index (χ4v) is 4.27. The van der Waals surface area contributed by atoms with Gasteiger partial charge in [-0.2, -0.15) is 5.26 Å². The van der Waals surface area contributed by atoms with Gasteiger partial charge in [0, 0.05) is 16.0 Å². The minimum absolute atomic E-state index is 0.0526. The van der Waals surface area contributed by atoms with Crippen molar-refractivity contribution < 1.29 is 4.79 Å². The maximum atomic E-state index is 12.5. The van der Waals surface area contributed by atoms with E-state index in [0.29, 0.717) is 0 Å². The Bertz CT molecular complexity index is 924. The van der Waals surface area contributed by atoms with Crippen molar-refractivity contribution in [3.8, 4) is 6.07 Å². The lowest BCUT2D eigenvalue weighted by molar-refractivity contribution is -0.117. The maximum absolute atomic E-state index is 12.5. The third-order valence-electron chi connectivity index (χ3n) is 4.78. The summed E-state index contributed by atoms with van der Waals surface area (Å²) >= 11 is 1.56. The van der Waals surface area contributed by atoms with E-state index in [0.717, 1.165) is 32.3 Å². The number of amides is 1. The molecule has 0 saturated carbocycles. The first-order valence-electron chi connectivity index (χ1n) is 8.67. The van der Waals surface area contributed by atoms with Crippen LogP contribution in [0.2, 0.25) is 0 Å². The number of carbonyl (C=O) groups is 1. The Balaban J connectivity index is 2.14. The van der Waals surface area contributed by atoms with Crippen LogP contribution in [0.4, 0.5) is 5.00 Å². The van der Waals surface area contributed by atoms with Crippen LogP contribution in [0.3, 0.4) is 0 Å². The summed E-state index contributed by atoms with van der Waals surface area (Å²) in [5.74, 6) is -0.129. The standard InChI is InChI=1S/C21H23N3OS/c1-13-14(2)26-20-18(13)19(23-12-17(25)24(20)11-10-22)15-6-8-16(9-7-15)21(3,4)5/h6-9H,11-12H2,1-5H3. The van der Waals surface area contributed by atoms with Crippen LogP contribution in [0.15, 0.2) is 29.3 Å². The number of benzene rings is 1. The minimum Gasteiger partial charge on any atom is -0.288 e. The molecule has 0 atom stereocenters. The van der Waals surface area contributed by atoms with Crippen molar-refractivity contribution in [1.82, 2.24) is 0 Å². The molecule has 1 aromatic heterocycles. The van der Waals surface area contributed by atoms with Crippen molar-refractivity contribution in [3.63, 3.8) is 0 Å². The summed E-state index contributed by atoms with van der Waals surface area (Å²) in [5, 5.41) is 9.98. The SMILES string of the molecule is Cc1sc2c(c1C)C(c1ccc(C(C)(C)C)cc1)=NCC(=O)N2CC#N. The fourth-order valence-electron chi connectivity index (χ4n) is 3.10. The largest absolute Gasteiger partial charge is 0.288 e. The van der Waals surface area contributed by atoms with Crippen molar-refractivity contribution in [2.75, 3.05) is 18.0 Å². The van der Waals surface area contributed by atoms with Crippen LogP contribution in [0.25, 0.3) is 0 Å². The highest BCUT2D eigenvalue weighted by atomic mass is 32.1. The monoisotopic (exact) mass is 365 g/mol. The van der Waals surface area contributed by atoms with Crippen molar-refractivity contribution in [2.45, 2.75) is 40.0 Å². The summed E-state index contributed by atoms with van der Waals surface area (Å²) in [6.07, 6.45) is 0. The van der Waals surface area contributed by atoms with Crippen LogP contribution in [-0.4, -0.2) is 24.7 Å². The molecule has 0 N–H and O–H groups in total. The van der Waals surface area contributed by atoms with Crippen molar-refractivity contribution in [2.24, 2.45) is 4.99 Å². The molecule has 0 saturated heterocycles. The third-order valence-corrected chi connectivity index (χ3v) is 6.01. The Hall–Kier alpha value is -2.45. The molecule has 0 aliphatic carbocycles. The lowest BCUT2D eigenvalue weighted by Gasteiger charge is -2.19. The second-order valence-corrected chi connectivity index (χ2v) is 8.80. The van der Waals surface area contributed by atoms with Crippen LogP contribution in [0.5, 0.6) is 0 Å². The number of rotatable bonds is 2. The molecule has 4 nitrogen and oxygen atoms in total. The van der Waals surface area contributed by atoms with E-state index in [1.165, 1.54) is 5.56 Å². The van der Waals surface area contributed by atoms with Gasteiger partial charge >= 0.3 is 0 Å². The molecule has 0 bridgehead atoms. The van der Waals surface area contributed by atoms with Gasteiger partial charge in [0.15, 0.2) is 0 Å². The second-order valence-electron chi connectivity index (χ2n) is 7.59. The molecule has 1 amide bonds. The van der Waals surface area contributed by atoms with Crippen LogP contribution in [0.1, 0.15) is 47.9 Å². The predicted octanol–water partition coefficient (Wildman–Crippen LogP) is 4.37. The number of aliphatic imine (C=N–C) groups is 1. The van der Waals surface area contributed by atoms with E-state index in [1.54, 1.807) is 16.2 Å². The van der Waals surface area contributed by atoms with Gasteiger partial charge < -0.3 is 0 Å². The van der Waals surface area contributed by atoms with E-state index in [4.69, 9.17) is 5.26 Å². The van der Waals surface area contributed by atoms with Gasteiger partial charge in [0.05, 0.1) is 11.8 Å². The average Bonchev–Trinajstić information content (AvgIpc) is 2.80. The zero-order chi connectivity index (χ0) is 19.1. The lowest BCUT2D eigenvalue weighted by Crippen LogP contribution is -2.32. The third kappa shape index (κ3) is 3.17. The highest BCUT2D eigenvalue weighted by molar-refractivity contribution is 7.17. The number of fused-ring (bicyclic) bond motifs is 1. The molecule has 5 heteroatoms. The van der Waals surface area contributed by atoms with Gasteiger partial charge in [0.2, 0.25) is 5.91 Å². The lowest BCUT2D eigenvalue weighted by atomic mass is 9.86. The summed E-state index contributed by atoms with van der Waals surface area (Å²) in [4.78, 5) is 19.9. The molecule has 2 aromatic rings. The van der Waals surface area contributed by atoms with Gasteiger partial charge in [-0.3, -0.25) is 14.7 Å². The smallest absolute Gasteiger partial charge is 0.250 e. The Morgan fingerprint density at radius 2 is 1.88 bits per heavy atom. The first kappa shape index (κ1) is 18.3. The highest BCUT2D eigenvalue weighted by Crippen LogP contribution is 2.38. The summed E-state index contributed by atoms with van der Waals surface area (Å²) in [6.45, 7) is 10.8.